The summed E-state index contributed by atoms with van der Waals surface area (Å²) in [7, 11) is 0. The molecular formula is C14H21N3O. The molecular weight excluding hydrogens is 226 g/mol. The number of amides is 1. The van der Waals surface area contributed by atoms with Crippen molar-refractivity contribution in [3.8, 4) is 0 Å². The lowest BCUT2D eigenvalue weighted by Gasteiger charge is -2.26. The second kappa shape index (κ2) is 5.87. The Hall–Kier alpha value is -1.55. The van der Waals surface area contributed by atoms with Gasteiger partial charge in [-0.05, 0) is 24.5 Å². The lowest BCUT2D eigenvalue weighted by atomic mass is 10.0. The van der Waals surface area contributed by atoms with Crippen LogP contribution in [0.4, 0.5) is 5.69 Å². The van der Waals surface area contributed by atoms with Crippen LogP contribution < -0.4 is 16.0 Å². The molecule has 1 saturated heterocycles. The molecule has 0 radical (unpaired) electrons. The summed E-state index contributed by atoms with van der Waals surface area (Å²) < 4.78 is 0. The molecule has 1 fully saturated rings. The molecule has 0 unspecified atom stereocenters. The van der Waals surface area contributed by atoms with E-state index in [0.29, 0.717) is 6.54 Å². The molecule has 18 heavy (non-hydrogen) atoms. The Labute approximate surface area is 108 Å². The molecule has 2 rings (SSSR count). The number of nitrogens with two attached hydrogens (primary N) is 1. The molecule has 4 heteroatoms. The molecule has 0 spiro atoms. The Kier molecular flexibility index (Phi) is 4.20. The summed E-state index contributed by atoms with van der Waals surface area (Å²) in [6.45, 7) is 4.16. The average molecular weight is 247 g/mol. The van der Waals surface area contributed by atoms with Gasteiger partial charge in [0.15, 0.2) is 0 Å². The van der Waals surface area contributed by atoms with E-state index in [1.807, 2.05) is 12.1 Å². The molecule has 1 aromatic rings. The normalized spacial score (nSPS) is 18.1. The Morgan fingerprint density at radius 2 is 2.22 bits per heavy atom. The highest BCUT2D eigenvalue weighted by molar-refractivity contribution is 5.82. The SMILES string of the molecule is CC[C@@H](N)c1ccccc1N1CCCNC(=O)C1. The van der Waals surface area contributed by atoms with E-state index in [0.717, 1.165) is 37.2 Å². The van der Waals surface area contributed by atoms with Crippen LogP contribution in [0.2, 0.25) is 0 Å². The Bertz CT molecular complexity index is 419. The number of carbonyl (C=O) groups excluding carboxylic acids is 1. The second-order valence-corrected chi connectivity index (χ2v) is 4.70. The van der Waals surface area contributed by atoms with E-state index in [4.69, 9.17) is 5.73 Å². The van der Waals surface area contributed by atoms with Gasteiger partial charge in [-0.3, -0.25) is 4.79 Å². The Morgan fingerprint density at radius 1 is 1.44 bits per heavy atom. The molecule has 0 aromatic heterocycles. The summed E-state index contributed by atoms with van der Waals surface area (Å²) in [5, 5.41) is 2.90. The van der Waals surface area contributed by atoms with Crippen molar-refractivity contribution in [2.24, 2.45) is 5.73 Å². The van der Waals surface area contributed by atoms with Gasteiger partial charge in [0.1, 0.15) is 0 Å². The van der Waals surface area contributed by atoms with Crippen LogP contribution in [0.15, 0.2) is 24.3 Å². The zero-order valence-corrected chi connectivity index (χ0v) is 10.9. The van der Waals surface area contributed by atoms with Gasteiger partial charge in [0.05, 0.1) is 6.54 Å². The van der Waals surface area contributed by atoms with Crippen molar-refractivity contribution in [3.63, 3.8) is 0 Å². The minimum Gasteiger partial charge on any atom is -0.362 e. The van der Waals surface area contributed by atoms with Gasteiger partial charge in [-0.25, -0.2) is 0 Å². The van der Waals surface area contributed by atoms with Gasteiger partial charge in [-0.1, -0.05) is 25.1 Å². The van der Waals surface area contributed by atoms with E-state index in [1.165, 1.54) is 0 Å². The summed E-state index contributed by atoms with van der Waals surface area (Å²) in [5.74, 6) is 0.0902. The van der Waals surface area contributed by atoms with Gasteiger partial charge in [-0.2, -0.15) is 0 Å². The standard InChI is InChI=1S/C14H21N3O/c1-2-12(15)11-6-3-4-7-13(11)17-9-5-8-16-14(18)10-17/h3-4,6-7,12H,2,5,8-10,15H2,1H3,(H,16,18)/t12-/m1/s1. The topological polar surface area (TPSA) is 58.4 Å². The van der Waals surface area contributed by atoms with Crippen LogP contribution in [0.25, 0.3) is 0 Å². The van der Waals surface area contributed by atoms with E-state index in [9.17, 15) is 4.79 Å². The summed E-state index contributed by atoms with van der Waals surface area (Å²) in [5.41, 5.74) is 8.38. The molecule has 0 bridgehead atoms. The molecule has 0 saturated carbocycles. The molecule has 1 aliphatic heterocycles. The fourth-order valence-electron chi connectivity index (χ4n) is 2.32. The molecule has 1 heterocycles. The van der Waals surface area contributed by atoms with Crippen LogP contribution in [0.3, 0.4) is 0 Å². The third kappa shape index (κ3) is 2.82. The number of hydrogen-bond donors (Lipinski definition) is 2. The number of hydrogen-bond acceptors (Lipinski definition) is 3. The van der Waals surface area contributed by atoms with Crippen LogP contribution in [0.5, 0.6) is 0 Å². The predicted octanol–water partition coefficient (Wildman–Crippen LogP) is 1.42. The highest BCUT2D eigenvalue weighted by Gasteiger charge is 2.19. The van der Waals surface area contributed by atoms with Gasteiger partial charge < -0.3 is 16.0 Å². The van der Waals surface area contributed by atoms with Gasteiger partial charge in [0, 0.05) is 24.8 Å². The van der Waals surface area contributed by atoms with Crippen molar-refractivity contribution >= 4 is 11.6 Å². The molecule has 1 amide bonds. The highest BCUT2D eigenvalue weighted by Crippen LogP contribution is 2.27. The number of rotatable bonds is 3. The van der Waals surface area contributed by atoms with Crippen LogP contribution >= 0.6 is 0 Å². The number of nitrogens with one attached hydrogen (secondary N) is 1. The van der Waals surface area contributed by atoms with E-state index in [1.54, 1.807) is 0 Å². The van der Waals surface area contributed by atoms with Crippen LogP contribution in [-0.4, -0.2) is 25.5 Å². The average Bonchev–Trinajstić information content (AvgIpc) is 2.62. The molecule has 4 nitrogen and oxygen atoms in total. The minimum atomic E-state index is 0.0347. The van der Waals surface area contributed by atoms with E-state index in [-0.39, 0.29) is 11.9 Å². The molecule has 1 aliphatic rings. The number of para-hydroxylation sites is 1. The predicted molar refractivity (Wildman–Crippen MR) is 73.5 cm³/mol. The van der Waals surface area contributed by atoms with Gasteiger partial charge >= 0.3 is 0 Å². The Morgan fingerprint density at radius 3 is 3.00 bits per heavy atom. The Balaban J connectivity index is 2.28. The van der Waals surface area contributed by atoms with Crippen molar-refractivity contribution < 1.29 is 4.79 Å². The maximum absolute atomic E-state index is 11.6. The summed E-state index contributed by atoms with van der Waals surface area (Å²) >= 11 is 0. The molecule has 3 N–H and O–H groups in total. The number of anilines is 1. The first-order chi connectivity index (χ1) is 8.72. The smallest absolute Gasteiger partial charge is 0.239 e. The quantitative estimate of drug-likeness (QED) is 0.849. The number of nitrogens with zero attached hydrogens (tertiary/aromatic N) is 1. The summed E-state index contributed by atoms with van der Waals surface area (Å²) in [4.78, 5) is 13.8. The van der Waals surface area contributed by atoms with Crippen molar-refractivity contribution in [1.29, 1.82) is 0 Å². The van der Waals surface area contributed by atoms with E-state index >= 15 is 0 Å². The van der Waals surface area contributed by atoms with E-state index < -0.39 is 0 Å². The largest absolute Gasteiger partial charge is 0.362 e. The first-order valence-electron chi connectivity index (χ1n) is 6.58. The van der Waals surface area contributed by atoms with E-state index in [2.05, 4.69) is 29.3 Å². The maximum Gasteiger partial charge on any atom is 0.239 e. The van der Waals surface area contributed by atoms with Crippen LogP contribution in [0, 0.1) is 0 Å². The first-order valence-corrected chi connectivity index (χ1v) is 6.58. The minimum absolute atomic E-state index is 0.0347. The molecule has 1 aromatic carbocycles. The summed E-state index contributed by atoms with van der Waals surface area (Å²) in [6.07, 6.45) is 1.87. The zero-order chi connectivity index (χ0) is 13.0. The number of benzene rings is 1. The lowest BCUT2D eigenvalue weighted by Crippen LogP contribution is -2.34. The van der Waals surface area contributed by atoms with Gasteiger partial charge in [0.2, 0.25) is 5.91 Å². The van der Waals surface area contributed by atoms with Crippen molar-refractivity contribution in [2.45, 2.75) is 25.8 Å². The van der Waals surface area contributed by atoms with Gasteiger partial charge in [0.25, 0.3) is 0 Å². The lowest BCUT2D eigenvalue weighted by molar-refractivity contribution is -0.119. The zero-order valence-electron chi connectivity index (χ0n) is 10.9. The first kappa shape index (κ1) is 12.9. The fraction of sp³-hybridized carbons (Fsp3) is 0.500. The summed E-state index contributed by atoms with van der Waals surface area (Å²) in [6, 6.07) is 8.17. The van der Waals surface area contributed by atoms with Crippen LogP contribution in [-0.2, 0) is 4.79 Å². The number of carbonyl (C=O) groups is 1. The van der Waals surface area contributed by atoms with Crippen LogP contribution in [0.1, 0.15) is 31.4 Å². The van der Waals surface area contributed by atoms with Crippen molar-refractivity contribution in [1.82, 2.24) is 5.32 Å². The van der Waals surface area contributed by atoms with Gasteiger partial charge in [-0.15, -0.1) is 0 Å². The fourth-order valence-corrected chi connectivity index (χ4v) is 2.32. The molecule has 1 atom stereocenters. The third-order valence-electron chi connectivity index (χ3n) is 3.38. The highest BCUT2D eigenvalue weighted by atomic mass is 16.2. The monoisotopic (exact) mass is 247 g/mol. The van der Waals surface area contributed by atoms with Crippen molar-refractivity contribution in [2.75, 3.05) is 24.5 Å². The molecule has 98 valence electrons. The maximum atomic E-state index is 11.6. The molecule has 0 aliphatic carbocycles. The third-order valence-corrected chi connectivity index (χ3v) is 3.38. The second-order valence-electron chi connectivity index (χ2n) is 4.70. The van der Waals surface area contributed by atoms with Crippen molar-refractivity contribution in [3.05, 3.63) is 29.8 Å².